The van der Waals surface area contributed by atoms with E-state index in [9.17, 15) is 0 Å². The first kappa shape index (κ1) is 21.1. The fourth-order valence-corrected chi connectivity index (χ4v) is 1.68. The molecule has 0 unspecified atom stereocenters. The van der Waals surface area contributed by atoms with Gasteiger partial charge >= 0.3 is 0 Å². The Kier molecular flexibility index (Phi) is 21.3. The third kappa shape index (κ3) is 8.56. The molecular formula is C13H18CrO3. The first-order chi connectivity index (χ1) is 7.97. The minimum absolute atomic E-state index is 0. The van der Waals surface area contributed by atoms with Crippen molar-refractivity contribution in [1.82, 2.24) is 0 Å². The summed E-state index contributed by atoms with van der Waals surface area (Å²) in [5.41, 5.74) is 3.16. The quantitative estimate of drug-likeness (QED) is 0.727. The van der Waals surface area contributed by atoms with Crippen LogP contribution in [-0.2, 0) is 44.6 Å². The summed E-state index contributed by atoms with van der Waals surface area (Å²) in [6.45, 7) is 6.00. The smallest absolute Gasteiger partial charge is 0.106 e. The topological polar surface area (TPSA) is 51.2 Å². The van der Waals surface area contributed by atoms with E-state index >= 15 is 0 Å². The minimum Gasteiger partial charge on any atom is -0.307 e. The molecule has 0 spiro atoms. The second-order valence-corrected chi connectivity index (χ2v) is 2.98. The molecule has 0 bridgehead atoms. The van der Waals surface area contributed by atoms with Crippen LogP contribution in [0.5, 0.6) is 0 Å². The third-order valence-electron chi connectivity index (χ3n) is 2.26. The first-order valence-corrected chi connectivity index (χ1v) is 4.90. The van der Waals surface area contributed by atoms with Crippen molar-refractivity contribution in [3.63, 3.8) is 0 Å². The van der Waals surface area contributed by atoms with Crippen LogP contribution in [0.2, 0.25) is 0 Å². The maximum Gasteiger partial charge on any atom is 0.106 e. The largest absolute Gasteiger partial charge is 0.307 e. The summed E-state index contributed by atoms with van der Waals surface area (Å²) in [5, 5.41) is 0. The molecule has 0 saturated carbocycles. The second kappa shape index (κ2) is 17.2. The summed E-state index contributed by atoms with van der Waals surface area (Å²) >= 11 is 0. The van der Waals surface area contributed by atoms with E-state index in [0.29, 0.717) is 0 Å². The third-order valence-corrected chi connectivity index (χ3v) is 2.26. The van der Waals surface area contributed by atoms with E-state index in [1.165, 1.54) is 25.7 Å². The van der Waals surface area contributed by atoms with Crippen molar-refractivity contribution in [3.05, 3.63) is 35.4 Å². The summed E-state index contributed by atoms with van der Waals surface area (Å²) in [5.74, 6) is 0. The molecule has 1 aromatic rings. The number of hydrogen-bond donors (Lipinski definition) is 0. The Balaban J connectivity index is -0.000000248. The maximum atomic E-state index is 8.00. The number of rotatable bonds is 0. The van der Waals surface area contributed by atoms with Crippen LogP contribution in [0.4, 0.5) is 0 Å². The molecule has 0 fully saturated rings. The van der Waals surface area contributed by atoms with Crippen molar-refractivity contribution >= 4 is 20.4 Å². The molecule has 0 radical (unpaired) electrons. The summed E-state index contributed by atoms with van der Waals surface area (Å²) in [6.07, 6.45) is 5.38. The Bertz CT molecular complexity index is 249. The van der Waals surface area contributed by atoms with Crippen molar-refractivity contribution < 1.29 is 31.7 Å². The van der Waals surface area contributed by atoms with Crippen molar-refractivity contribution in [2.75, 3.05) is 0 Å². The molecule has 1 aliphatic rings. The summed E-state index contributed by atoms with van der Waals surface area (Å²) in [4.78, 5) is 24.0. The van der Waals surface area contributed by atoms with Gasteiger partial charge in [0.05, 0.1) is 0 Å². The van der Waals surface area contributed by atoms with Gasteiger partial charge in [0.1, 0.15) is 20.4 Å². The van der Waals surface area contributed by atoms with Crippen molar-refractivity contribution in [1.29, 1.82) is 0 Å². The summed E-state index contributed by atoms with van der Waals surface area (Å²) in [6, 6.07) is 8.80. The van der Waals surface area contributed by atoms with Crippen LogP contribution in [0, 0.1) is 0 Å². The van der Waals surface area contributed by atoms with E-state index < -0.39 is 0 Å². The van der Waals surface area contributed by atoms with Crippen molar-refractivity contribution in [2.24, 2.45) is 0 Å². The number of carbonyl (C=O) groups excluding carboxylic acids is 3. The number of benzene rings is 1. The van der Waals surface area contributed by atoms with E-state index in [1.54, 1.807) is 11.1 Å². The second-order valence-electron chi connectivity index (χ2n) is 2.98. The molecule has 94 valence electrons. The first-order valence-electron chi connectivity index (χ1n) is 4.90. The molecule has 0 heterocycles. The number of aryl methyl sites for hydroxylation is 2. The van der Waals surface area contributed by atoms with Gasteiger partial charge in [-0.2, -0.15) is 0 Å². The zero-order chi connectivity index (χ0) is 12.8. The standard InChI is InChI=1S/C10H12.3CH2O.Cr/c1-2-6-10-8-4-3-7-9(10)5-1;3*1-2;/h1-2,5-6H,3-4,7-8H2;3*1H2;. The maximum absolute atomic E-state index is 8.00. The Labute approximate surface area is 113 Å². The molecule has 0 N–H and O–H groups in total. The Morgan fingerprint density at radius 2 is 1.00 bits per heavy atom. The van der Waals surface area contributed by atoms with Crippen LogP contribution >= 0.6 is 0 Å². The molecule has 0 saturated heterocycles. The van der Waals surface area contributed by atoms with Gasteiger partial charge in [0.25, 0.3) is 0 Å². The molecule has 0 aliphatic heterocycles. The van der Waals surface area contributed by atoms with E-state index in [0.717, 1.165) is 0 Å². The van der Waals surface area contributed by atoms with Gasteiger partial charge in [-0.05, 0) is 36.8 Å². The summed E-state index contributed by atoms with van der Waals surface area (Å²) < 4.78 is 0. The zero-order valence-electron chi connectivity index (χ0n) is 9.89. The molecule has 17 heavy (non-hydrogen) atoms. The van der Waals surface area contributed by atoms with Gasteiger partial charge in [0.2, 0.25) is 0 Å². The van der Waals surface area contributed by atoms with Gasteiger partial charge < -0.3 is 14.4 Å². The molecule has 1 aromatic carbocycles. The predicted molar refractivity (Wildman–Crippen MR) is 64.4 cm³/mol. The average Bonchev–Trinajstić information content (AvgIpc) is 2.45. The van der Waals surface area contributed by atoms with Gasteiger partial charge in [-0.1, -0.05) is 24.3 Å². The predicted octanol–water partition coefficient (Wildman–Crippen LogP) is 2.01. The molecule has 4 heteroatoms. The Hall–Kier alpha value is -1.24. The molecular weight excluding hydrogens is 256 g/mol. The van der Waals surface area contributed by atoms with Crippen LogP contribution < -0.4 is 0 Å². The van der Waals surface area contributed by atoms with Gasteiger partial charge in [-0.15, -0.1) is 0 Å². The van der Waals surface area contributed by atoms with Gasteiger partial charge in [0.15, 0.2) is 0 Å². The van der Waals surface area contributed by atoms with Gasteiger partial charge in [-0.25, -0.2) is 0 Å². The summed E-state index contributed by atoms with van der Waals surface area (Å²) in [7, 11) is 0. The molecule has 2 rings (SSSR count). The normalized spacial score (nSPS) is 10.4. The minimum atomic E-state index is 0. The van der Waals surface area contributed by atoms with Crippen LogP contribution in [0.1, 0.15) is 24.0 Å². The van der Waals surface area contributed by atoms with E-state index in [2.05, 4.69) is 24.3 Å². The monoisotopic (exact) mass is 274 g/mol. The number of carbonyl (C=O) groups is 3. The van der Waals surface area contributed by atoms with Gasteiger partial charge in [0, 0.05) is 17.4 Å². The Morgan fingerprint density at radius 3 is 1.29 bits per heavy atom. The van der Waals surface area contributed by atoms with Crippen LogP contribution in [0.25, 0.3) is 0 Å². The van der Waals surface area contributed by atoms with Crippen LogP contribution in [0.3, 0.4) is 0 Å². The fraction of sp³-hybridized carbons (Fsp3) is 0.308. The van der Waals surface area contributed by atoms with Crippen molar-refractivity contribution in [3.8, 4) is 0 Å². The van der Waals surface area contributed by atoms with E-state index in [4.69, 9.17) is 14.4 Å². The molecule has 3 nitrogen and oxygen atoms in total. The SMILES string of the molecule is C=O.C=O.C=O.[Cr].c1ccc2c(c1)CCCC2. The van der Waals surface area contributed by atoms with Gasteiger partial charge in [-0.3, -0.25) is 0 Å². The molecule has 0 aromatic heterocycles. The van der Waals surface area contributed by atoms with Crippen LogP contribution in [0.15, 0.2) is 24.3 Å². The van der Waals surface area contributed by atoms with Crippen molar-refractivity contribution in [2.45, 2.75) is 25.7 Å². The number of hydrogen-bond acceptors (Lipinski definition) is 3. The van der Waals surface area contributed by atoms with E-state index in [-0.39, 0.29) is 17.4 Å². The molecule has 0 atom stereocenters. The molecule has 0 amide bonds. The number of fused-ring (bicyclic) bond motifs is 1. The van der Waals surface area contributed by atoms with E-state index in [1.807, 2.05) is 20.4 Å². The Morgan fingerprint density at radius 1 is 0.706 bits per heavy atom. The zero-order valence-corrected chi connectivity index (χ0v) is 11.2. The average molecular weight is 274 g/mol. The van der Waals surface area contributed by atoms with Crippen LogP contribution in [-0.4, -0.2) is 20.4 Å². The molecule has 1 aliphatic carbocycles. The fourth-order valence-electron chi connectivity index (χ4n) is 1.68.